The number of carbonyl (C=O) groups excluding carboxylic acids is 3. The van der Waals surface area contributed by atoms with Crippen molar-refractivity contribution in [1.29, 1.82) is 0 Å². The summed E-state index contributed by atoms with van der Waals surface area (Å²) in [6, 6.07) is -0.488. The monoisotopic (exact) mass is 271 g/mol. The highest BCUT2D eigenvalue weighted by atomic mass is 16.6. The number of likely N-dealkylation sites (N-methyl/N-ethyl adjacent to an activating group) is 1. The topological polar surface area (TPSA) is 87.7 Å². The first kappa shape index (κ1) is 15.4. The molecule has 1 aliphatic rings. The molecule has 2 N–H and O–H groups in total. The third-order valence-electron chi connectivity index (χ3n) is 2.57. The molecule has 7 heteroatoms. The van der Waals surface area contributed by atoms with Gasteiger partial charge in [-0.3, -0.25) is 14.5 Å². The number of carbonyl (C=O) groups is 3. The molecule has 3 amide bonds. The maximum atomic E-state index is 11.6. The fourth-order valence-corrected chi connectivity index (χ4v) is 1.64. The average Bonchev–Trinajstić information content (AvgIpc) is 2.50. The van der Waals surface area contributed by atoms with Crippen LogP contribution in [0, 0.1) is 0 Å². The second kappa shape index (κ2) is 6.01. The SMILES string of the molecule is CN1C(=O)CC(NCCNC(=O)OC(C)(C)C)C1=O. The Morgan fingerprint density at radius 1 is 1.37 bits per heavy atom. The van der Waals surface area contributed by atoms with E-state index in [1.54, 1.807) is 20.8 Å². The van der Waals surface area contributed by atoms with Gasteiger partial charge >= 0.3 is 6.09 Å². The fourth-order valence-electron chi connectivity index (χ4n) is 1.64. The summed E-state index contributed by atoms with van der Waals surface area (Å²) >= 11 is 0. The molecule has 108 valence electrons. The zero-order valence-corrected chi connectivity index (χ0v) is 11.8. The van der Waals surface area contributed by atoms with Crippen molar-refractivity contribution in [2.45, 2.75) is 38.8 Å². The molecule has 1 unspecified atom stereocenters. The number of nitrogens with one attached hydrogen (secondary N) is 2. The van der Waals surface area contributed by atoms with Crippen LogP contribution in [0.5, 0.6) is 0 Å². The Labute approximate surface area is 112 Å². The molecule has 1 atom stereocenters. The molecule has 19 heavy (non-hydrogen) atoms. The van der Waals surface area contributed by atoms with Gasteiger partial charge in [-0.1, -0.05) is 0 Å². The summed E-state index contributed by atoms with van der Waals surface area (Å²) in [6.45, 7) is 6.07. The van der Waals surface area contributed by atoms with Crippen molar-refractivity contribution in [2.75, 3.05) is 20.1 Å². The van der Waals surface area contributed by atoms with E-state index in [2.05, 4.69) is 10.6 Å². The Balaban J connectivity index is 2.20. The summed E-state index contributed by atoms with van der Waals surface area (Å²) in [5, 5.41) is 5.49. The molecule has 1 saturated heterocycles. The van der Waals surface area contributed by atoms with Gasteiger partial charge in [-0.25, -0.2) is 4.79 Å². The Hall–Kier alpha value is -1.63. The number of ether oxygens (including phenoxy) is 1. The van der Waals surface area contributed by atoms with E-state index in [0.717, 1.165) is 4.90 Å². The first-order valence-electron chi connectivity index (χ1n) is 6.21. The largest absolute Gasteiger partial charge is 0.444 e. The molecule has 0 saturated carbocycles. The van der Waals surface area contributed by atoms with Crippen molar-refractivity contribution >= 4 is 17.9 Å². The van der Waals surface area contributed by atoms with Crippen molar-refractivity contribution in [1.82, 2.24) is 15.5 Å². The molecule has 7 nitrogen and oxygen atoms in total. The Morgan fingerprint density at radius 2 is 2.00 bits per heavy atom. The van der Waals surface area contributed by atoms with Crippen LogP contribution in [0.3, 0.4) is 0 Å². The van der Waals surface area contributed by atoms with Crippen molar-refractivity contribution in [2.24, 2.45) is 0 Å². The van der Waals surface area contributed by atoms with Gasteiger partial charge in [-0.2, -0.15) is 0 Å². The second-order valence-electron chi connectivity index (χ2n) is 5.43. The minimum Gasteiger partial charge on any atom is -0.444 e. The first-order valence-corrected chi connectivity index (χ1v) is 6.21. The van der Waals surface area contributed by atoms with Crippen molar-refractivity contribution in [3.05, 3.63) is 0 Å². The molecular formula is C12H21N3O4. The van der Waals surface area contributed by atoms with Crippen LogP contribution in [0.4, 0.5) is 4.79 Å². The summed E-state index contributed by atoms with van der Waals surface area (Å²) in [5.41, 5.74) is -0.534. The van der Waals surface area contributed by atoms with Crippen LogP contribution in [0.15, 0.2) is 0 Å². The number of alkyl carbamates (subject to hydrolysis) is 1. The summed E-state index contributed by atoms with van der Waals surface area (Å²) in [4.78, 5) is 35.3. The zero-order valence-electron chi connectivity index (χ0n) is 11.8. The number of imide groups is 1. The maximum Gasteiger partial charge on any atom is 0.407 e. The van der Waals surface area contributed by atoms with E-state index in [-0.39, 0.29) is 18.2 Å². The molecule has 0 aromatic carbocycles. The lowest BCUT2D eigenvalue weighted by Gasteiger charge is -2.19. The predicted octanol–water partition coefficient (Wildman–Crippen LogP) is -0.142. The number of nitrogens with zero attached hydrogens (tertiary/aromatic N) is 1. The van der Waals surface area contributed by atoms with Gasteiger partial charge in [0.15, 0.2) is 0 Å². The fraction of sp³-hybridized carbons (Fsp3) is 0.750. The summed E-state index contributed by atoms with van der Waals surface area (Å²) < 4.78 is 5.06. The van der Waals surface area contributed by atoms with Crippen LogP contribution in [0.2, 0.25) is 0 Å². The van der Waals surface area contributed by atoms with Gasteiger partial charge in [0.1, 0.15) is 5.60 Å². The zero-order chi connectivity index (χ0) is 14.6. The third kappa shape index (κ3) is 4.86. The van der Waals surface area contributed by atoms with Gasteiger partial charge in [-0.05, 0) is 20.8 Å². The average molecular weight is 271 g/mol. The summed E-state index contributed by atoms with van der Waals surface area (Å²) in [7, 11) is 1.46. The van der Waals surface area contributed by atoms with Crippen LogP contribution < -0.4 is 10.6 Å². The Bertz CT molecular complexity index is 376. The normalized spacial score (nSPS) is 19.8. The molecule has 1 heterocycles. The highest BCUT2D eigenvalue weighted by Crippen LogP contribution is 2.10. The van der Waals surface area contributed by atoms with Crippen molar-refractivity contribution in [3.63, 3.8) is 0 Å². The molecule has 0 aromatic heterocycles. The standard InChI is InChI=1S/C12H21N3O4/c1-12(2,3)19-11(18)14-6-5-13-8-7-9(16)15(4)10(8)17/h8,13H,5-7H2,1-4H3,(H,14,18). The number of hydrogen-bond acceptors (Lipinski definition) is 5. The highest BCUT2D eigenvalue weighted by molar-refractivity contribution is 6.05. The van der Waals surface area contributed by atoms with Crippen LogP contribution in [0.1, 0.15) is 27.2 Å². The summed E-state index contributed by atoms with van der Waals surface area (Å²) in [5.74, 6) is -0.426. The molecule has 0 radical (unpaired) electrons. The van der Waals surface area contributed by atoms with Gasteiger partial charge in [0, 0.05) is 20.1 Å². The van der Waals surface area contributed by atoms with E-state index < -0.39 is 17.7 Å². The van der Waals surface area contributed by atoms with E-state index in [9.17, 15) is 14.4 Å². The highest BCUT2D eigenvalue weighted by Gasteiger charge is 2.35. The van der Waals surface area contributed by atoms with Crippen LogP contribution in [0.25, 0.3) is 0 Å². The van der Waals surface area contributed by atoms with Crippen molar-refractivity contribution < 1.29 is 19.1 Å². The van der Waals surface area contributed by atoms with E-state index in [1.807, 2.05) is 0 Å². The number of rotatable bonds is 4. The van der Waals surface area contributed by atoms with Crippen LogP contribution >= 0.6 is 0 Å². The number of likely N-dealkylation sites (tertiary alicyclic amines) is 1. The third-order valence-corrected chi connectivity index (χ3v) is 2.57. The number of hydrogen-bond donors (Lipinski definition) is 2. The summed E-state index contributed by atoms with van der Waals surface area (Å²) in [6.07, 6.45) is -0.331. The van der Waals surface area contributed by atoms with Crippen LogP contribution in [-0.2, 0) is 14.3 Å². The molecule has 0 aliphatic carbocycles. The molecule has 0 bridgehead atoms. The minimum absolute atomic E-state index is 0.168. The van der Waals surface area contributed by atoms with E-state index >= 15 is 0 Å². The van der Waals surface area contributed by atoms with Gasteiger partial charge in [0.2, 0.25) is 11.8 Å². The number of amides is 3. The van der Waals surface area contributed by atoms with Crippen LogP contribution in [-0.4, -0.2) is 54.6 Å². The second-order valence-corrected chi connectivity index (χ2v) is 5.43. The predicted molar refractivity (Wildman–Crippen MR) is 68.4 cm³/mol. The van der Waals surface area contributed by atoms with E-state index in [1.165, 1.54) is 7.05 Å². The van der Waals surface area contributed by atoms with E-state index in [4.69, 9.17) is 4.74 Å². The molecule has 0 aromatic rings. The minimum atomic E-state index is -0.534. The molecular weight excluding hydrogens is 250 g/mol. The Kier molecular flexibility index (Phi) is 4.88. The van der Waals surface area contributed by atoms with Gasteiger partial charge in [0.25, 0.3) is 0 Å². The molecule has 1 rings (SSSR count). The molecule has 1 fully saturated rings. The lowest BCUT2D eigenvalue weighted by Crippen LogP contribution is -2.42. The quantitative estimate of drug-likeness (QED) is 0.549. The smallest absolute Gasteiger partial charge is 0.407 e. The van der Waals surface area contributed by atoms with Gasteiger partial charge in [0.05, 0.1) is 12.5 Å². The molecule has 0 spiro atoms. The van der Waals surface area contributed by atoms with Gasteiger partial charge in [-0.15, -0.1) is 0 Å². The first-order chi connectivity index (χ1) is 8.70. The van der Waals surface area contributed by atoms with E-state index in [0.29, 0.717) is 13.1 Å². The lowest BCUT2D eigenvalue weighted by atomic mass is 10.2. The van der Waals surface area contributed by atoms with Crippen molar-refractivity contribution in [3.8, 4) is 0 Å². The molecule has 1 aliphatic heterocycles. The van der Waals surface area contributed by atoms with Gasteiger partial charge < -0.3 is 15.4 Å². The lowest BCUT2D eigenvalue weighted by molar-refractivity contribution is -0.137. The Morgan fingerprint density at radius 3 is 2.47 bits per heavy atom. The maximum absolute atomic E-state index is 11.6.